The molecule has 0 aliphatic heterocycles. The first-order valence-electron chi connectivity index (χ1n) is 5.45. The van der Waals surface area contributed by atoms with Crippen molar-refractivity contribution in [3.63, 3.8) is 0 Å². The smallest absolute Gasteiger partial charge is 0.207 e. The standard InChI is InChI=1S/C12H17BrFNO2S/c1-12(2,3)8-15(4)18(16,17)11-6-5-9(13)7-10(11)14/h5-7H,8H2,1-4H3. The summed E-state index contributed by atoms with van der Waals surface area (Å²) < 4.78 is 39.8. The summed E-state index contributed by atoms with van der Waals surface area (Å²) in [5, 5.41) is 0. The lowest BCUT2D eigenvalue weighted by atomic mass is 9.97. The molecule has 0 aromatic heterocycles. The minimum atomic E-state index is -3.78. The molecule has 1 rings (SSSR count). The molecule has 0 amide bonds. The minimum Gasteiger partial charge on any atom is -0.207 e. The van der Waals surface area contributed by atoms with Gasteiger partial charge in [-0.3, -0.25) is 0 Å². The zero-order valence-corrected chi connectivity index (χ0v) is 13.3. The molecule has 0 aliphatic carbocycles. The van der Waals surface area contributed by atoms with Crippen molar-refractivity contribution in [2.24, 2.45) is 5.41 Å². The van der Waals surface area contributed by atoms with Crippen molar-refractivity contribution < 1.29 is 12.8 Å². The largest absolute Gasteiger partial charge is 0.245 e. The van der Waals surface area contributed by atoms with Crippen molar-refractivity contribution in [3.8, 4) is 0 Å². The van der Waals surface area contributed by atoms with E-state index in [4.69, 9.17) is 0 Å². The van der Waals surface area contributed by atoms with Crippen LogP contribution in [0.2, 0.25) is 0 Å². The van der Waals surface area contributed by atoms with E-state index in [-0.39, 0.29) is 10.3 Å². The molecule has 0 unspecified atom stereocenters. The van der Waals surface area contributed by atoms with E-state index in [9.17, 15) is 12.8 Å². The van der Waals surface area contributed by atoms with Crippen LogP contribution in [-0.4, -0.2) is 26.3 Å². The average Bonchev–Trinajstić information content (AvgIpc) is 2.13. The fraction of sp³-hybridized carbons (Fsp3) is 0.500. The van der Waals surface area contributed by atoms with E-state index in [0.29, 0.717) is 11.0 Å². The predicted molar refractivity (Wildman–Crippen MR) is 73.4 cm³/mol. The lowest BCUT2D eigenvalue weighted by molar-refractivity contribution is 0.310. The van der Waals surface area contributed by atoms with Gasteiger partial charge in [0.25, 0.3) is 0 Å². The van der Waals surface area contributed by atoms with Crippen LogP contribution in [0, 0.1) is 11.2 Å². The van der Waals surface area contributed by atoms with Crippen LogP contribution in [0.5, 0.6) is 0 Å². The Morgan fingerprint density at radius 1 is 1.33 bits per heavy atom. The summed E-state index contributed by atoms with van der Waals surface area (Å²) in [6, 6.07) is 3.94. The molecule has 0 spiro atoms. The average molecular weight is 338 g/mol. The van der Waals surface area contributed by atoms with Crippen molar-refractivity contribution >= 4 is 26.0 Å². The van der Waals surface area contributed by atoms with E-state index in [0.717, 1.165) is 6.07 Å². The summed E-state index contributed by atoms with van der Waals surface area (Å²) in [6.07, 6.45) is 0. The van der Waals surface area contributed by atoms with Crippen LogP contribution in [-0.2, 0) is 10.0 Å². The second kappa shape index (κ2) is 5.27. The van der Waals surface area contributed by atoms with Gasteiger partial charge in [-0.1, -0.05) is 36.7 Å². The van der Waals surface area contributed by atoms with Crippen molar-refractivity contribution in [2.45, 2.75) is 25.7 Å². The van der Waals surface area contributed by atoms with Crippen LogP contribution in [0.1, 0.15) is 20.8 Å². The molecule has 3 nitrogen and oxygen atoms in total. The maximum atomic E-state index is 13.7. The van der Waals surface area contributed by atoms with Crippen molar-refractivity contribution in [2.75, 3.05) is 13.6 Å². The topological polar surface area (TPSA) is 37.4 Å². The van der Waals surface area contributed by atoms with Gasteiger partial charge in [0.05, 0.1) is 0 Å². The lowest BCUT2D eigenvalue weighted by Crippen LogP contribution is -2.34. The van der Waals surface area contributed by atoms with E-state index in [1.807, 2.05) is 20.8 Å². The predicted octanol–water partition coefficient (Wildman–Crippen LogP) is 3.25. The van der Waals surface area contributed by atoms with E-state index in [1.165, 1.54) is 23.5 Å². The number of hydrogen-bond acceptors (Lipinski definition) is 2. The van der Waals surface area contributed by atoms with Crippen LogP contribution in [0.15, 0.2) is 27.6 Å². The number of rotatable bonds is 3. The second-order valence-corrected chi connectivity index (χ2v) is 8.33. The third kappa shape index (κ3) is 3.76. The Balaban J connectivity index is 3.14. The normalized spacial score (nSPS) is 13.1. The van der Waals surface area contributed by atoms with Gasteiger partial charge in [-0.25, -0.2) is 17.1 Å². The van der Waals surface area contributed by atoms with Crippen LogP contribution in [0.4, 0.5) is 4.39 Å². The molecule has 1 aromatic rings. The van der Waals surface area contributed by atoms with E-state index in [2.05, 4.69) is 15.9 Å². The molecule has 6 heteroatoms. The van der Waals surface area contributed by atoms with Gasteiger partial charge in [-0.05, 0) is 23.6 Å². The van der Waals surface area contributed by atoms with Gasteiger partial charge in [0.1, 0.15) is 10.7 Å². The van der Waals surface area contributed by atoms with Gasteiger partial charge in [0.2, 0.25) is 10.0 Å². The molecular formula is C12H17BrFNO2S. The maximum Gasteiger partial charge on any atom is 0.245 e. The number of hydrogen-bond donors (Lipinski definition) is 0. The summed E-state index contributed by atoms with van der Waals surface area (Å²) in [5.41, 5.74) is -0.187. The van der Waals surface area contributed by atoms with Gasteiger partial charge >= 0.3 is 0 Å². The second-order valence-electron chi connectivity index (χ2n) is 5.40. The Bertz CT molecular complexity index is 537. The molecule has 102 valence electrons. The molecule has 18 heavy (non-hydrogen) atoms. The molecule has 0 aliphatic rings. The Morgan fingerprint density at radius 2 is 1.89 bits per heavy atom. The first kappa shape index (κ1) is 15.6. The third-order valence-electron chi connectivity index (χ3n) is 2.28. The number of benzene rings is 1. The summed E-state index contributed by atoms with van der Waals surface area (Å²) in [4.78, 5) is -0.294. The monoisotopic (exact) mass is 337 g/mol. The van der Waals surface area contributed by atoms with E-state index in [1.54, 1.807) is 0 Å². The number of nitrogens with zero attached hydrogens (tertiary/aromatic N) is 1. The van der Waals surface area contributed by atoms with Crippen LogP contribution >= 0.6 is 15.9 Å². The van der Waals surface area contributed by atoms with Crippen LogP contribution in [0.25, 0.3) is 0 Å². The van der Waals surface area contributed by atoms with E-state index < -0.39 is 15.8 Å². The molecule has 1 aromatic carbocycles. The molecule has 0 fully saturated rings. The maximum absolute atomic E-state index is 13.7. The quantitative estimate of drug-likeness (QED) is 0.848. The highest BCUT2D eigenvalue weighted by Gasteiger charge is 2.27. The van der Waals surface area contributed by atoms with Gasteiger partial charge in [-0.2, -0.15) is 0 Å². The van der Waals surface area contributed by atoms with Gasteiger partial charge in [0.15, 0.2) is 0 Å². The molecule has 0 radical (unpaired) electrons. The zero-order chi connectivity index (χ0) is 14.1. The minimum absolute atomic E-state index is 0.187. The lowest BCUT2D eigenvalue weighted by Gasteiger charge is -2.26. The third-order valence-corrected chi connectivity index (χ3v) is 4.61. The highest BCUT2D eigenvalue weighted by molar-refractivity contribution is 9.10. The first-order chi connectivity index (χ1) is 8.04. The highest BCUT2D eigenvalue weighted by atomic mass is 79.9. The summed E-state index contributed by atoms with van der Waals surface area (Å²) >= 11 is 3.10. The van der Waals surface area contributed by atoms with E-state index >= 15 is 0 Å². The Kier molecular flexibility index (Phi) is 4.56. The summed E-state index contributed by atoms with van der Waals surface area (Å²) in [7, 11) is -2.32. The van der Waals surface area contributed by atoms with Crippen molar-refractivity contribution in [3.05, 3.63) is 28.5 Å². The molecule has 0 saturated heterocycles. The molecule has 0 saturated carbocycles. The van der Waals surface area contributed by atoms with Crippen molar-refractivity contribution in [1.29, 1.82) is 0 Å². The van der Waals surface area contributed by atoms with Gasteiger partial charge in [0, 0.05) is 18.1 Å². The fourth-order valence-corrected chi connectivity index (χ4v) is 3.38. The first-order valence-corrected chi connectivity index (χ1v) is 7.69. The zero-order valence-electron chi connectivity index (χ0n) is 10.9. The Morgan fingerprint density at radius 3 is 2.33 bits per heavy atom. The Labute approximate surface area is 116 Å². The molecular weight excluding hydrogens is 321 g/mol. The molecule has 0 heterocycles. The van der Waals surface area contributed by atoms with Crippen LogP contribution < -0.4 is 0 Å². The summed E-state index contributed by atoms with van der Waals surface area (Å²) in [6.45, 7) is 6.11. The summed E-state index contributed by atoms with van der Waals surface area (Å²) in [5.74, 6) is -0.745. The number of sulfonamides is 1. The van der Waals surface area contributed by atoms with Crippen molar-refractivity contribution in [1.82, 2.24) is 4.31 Å². The highest BCUT2D eigenvalue weighted by Crippen LogP contribution is 2.24. The molecule has 0 N–H and O–H groups in total. The fourth-order valence-electron chi connectivity index (χ4n) is 1.61. The van der Waals surface area contributed by atoms with Gasteiger partial charge < -0.3 is 0 Å². The SMILES string of the molecule is CN(CC(C)(C)C)S(=O)(=O)c1ccc(Br)cc1F. The van der Waals surface area contributed by atoms with Gasteiger partial charge in [-0.15, -0.1) is 0 Å². The number of halogens is 2. The molecule has 0 atom stereocenters. The van der Waals surface area contributed by atoms with Crippen LogP contribution in [0.3, 0.4) is 0 Å². The molecule has 0 bridgehead atoms. The Hall–Kier alpha value is -0.460.